The molecule has 0 aliphatic rings. The van der Waals surface area contributed by atoms with E-state index < -0.39 is 0 Å². The monoisotopic (exact) mass is 143 g/mol. The van der Waals surface area contributed by atoms with Crippen molar-refractivity contribution in [1.82, 2.24) is 0 Å². The predicted molar refractivity (Wildman–Crippen MR) is 47.0 cm³/mol. The molecule has 10 heavy (non-hydrogen) atoms. The summed E-state index contributed by atoms with van der Waals surface area (Å²) in [5.41, 5.74) is 5.43. The molecule has 0 bridgehead atoms. The summed E-state index contributed by atoms with van der Waals surface area (Å²) >= 11 is 0. The Bertz CT molecular complexity index is 61.7. The second kappa shape index (κ2) is 7.07. The molecule has 1 heteroatoms. The number of hydrogen-bond donors (Lipinski definition) is 1. The molecule has 0 saturated heterocycles. The van der Waals surface area contributed by atoms with Crippen LogP contribution < -0.4 is 5.73 Å². The number of rotatable bonds is 6. The second-order valence-corrected chi connectivity index (χ2v) is 3.18. The van der Waals surface area contributed by atoms with Crippen molar-refractivity contribution < 1.29 is 0 Å². The summed E-state index contributed by atoms with van der Waals surface area (Å²) in [6, 6.07) is 0. The molecular formula is C9H21N. The maximum absolute atomic E-state index is 5.43. The largest absolute Gasteiger partial charge is 0.330 e. The molecule has 1 unspecified atom stereocenters. The van der Waals surface area contributed by atoms with Gasteiger partial charge >= 0.3 is 0 Å². The van der Waals surface area contributed by atoms with E-state index in [-0.39, 0.29) is 0 Å². The minimum Gasteiger partial charge on any atom is -0.330 e. The minimum absolute atomic E-state index is 0.844. The third-order valence-electron chi connectivity index (χ3n) is 1.96. The number of nitrogens with two attached hydrogens (primary N) is 1. The van der Waals surface area contributed by atoms with Gasteiger partial charge < -0.3 is 5.73 Å². The van der Waals surface area contributed by atoms with Crippen molar-refractivity contribution in [3.63, 3.8) is 0 Å². The van der Waals surface area contributed by atoms with Crippen LogP contribution in [0.1, 0.15) is 46.0 Å². The summed E-state index contributed by atoms with van der Waals surface area (Å²) in [6.07, 6.45) is 6.66. The summed E-state index contributed by atoms with van der Waals surface area (Å²) in [6.45, 7) is 5.39. The van der Waals surface area contributed by atoms with E-state index in [1.807, 2.05) is 0 Å². The van der Waals surface area contributed by atoms with Crippen molar-refractivity contribution in [3.8, 4) is 0 Å². The van der Waals surface area contributed by atoms with Crippen LogP contribution in [-0.2, 0) is 0 Å². The fourth-order valence-electron chi connectivity index (χ4n) is 1.17. The van der Waals surface area contributed by atoms with Crippen LogP contribution in [0.2, 0.25) is 0 Å². The maximum Gasteiger partial charge on any atom is -0.00747 e. The summed E-state index contributed by atoms with van der Waals surface area (Å²) in [5.74, 6) is 0.844. The molecule has 0 aliphatic carbocycles. The highest BCUT2D eigenvalue weighted by atomic mass is 14.5. The lowest BCUT2D eigenvalue weighted by molar-refractivity contribution is 0.470. The zero-order chi connectivity index (χ0) is 7.82. The molecule has 0 saturated carbocycles. The Hall–Kier alpha value is -0.0400. The van der Waals surface area contributed by atoms with Crippen molar-refractivity contribution in [2.24, 2.45) is 11.7 Å². The molecule has 0 spiro atoms. The average molecular weight is 143 g/mol. The van der Waals surface area contributed by atoms with Gasteiger partial charge in [-0.05, 0) is 18.9 Å². The van der Waals surface area contributed by atoms with Gasteiger partial charge in [-0.3, -0.25) is 0 Å². The molecule has 0 heterocycles. The zero-order valence-corrected chi connectivity index (χ0v) is 7.40. The molecule has 0 amide bonds. The van der Waals surface area contributed by atoms with Crippen molar-refractivity contribution >= 4 is 0 Å². The van der Waals surface area contributed by atoms with E-state index in [4.69, 9.17) is 5.73 Å². The van der Waals surface area contributed by atoms with E-state index in [1.165, 1.54) is 32.1 Å². The highest BCUT2D eigenvalue weighted by molar-refractivity contribution is 4.53. The van der Waals surface area contributed by atoms with Gasteiger partial charge in [-0.1, -0.05) is 39.5 Å². The van der Waals surface area contributed by atoms with Gasteiger partial charge in [-0.2, -0.15) is 0 Å². The number of unbranched alkanes of at least 4 members (excludes halogenated alkanes) is 2. The van der Waals surface area contributed by atoms with Gasteiger partial charge in [0.25, 0.3) is 0 Å². The highest BCUT2D eigenvalue weighted by Crippen LogP contribution is 2.11. The van der Waals surface area contributed by atoms with E-state index in [0.717, 1.165) is 12.5 Å². The zero-order valence-electron chi connectivity index (χ0n) is 7.40. The summed E-state index contributed by atoms with van der Waals surface area (Å²) < 4.78 is 0. The molecule has 0 aromatic rings. The Kier molecular flexibility index (Phi) is 7.04. The van der Waals surface area contributed by atoms with Crippen LogP contribution in [0.4, 0.5) is 0 Å². The lowest BCUT2D eigenvalue weighted by Gasteiger charge is -2.07. The van der Waals surface area contributed by atoms with Gasteiger partial charge in [-0.15, -0.1) is 0 Å². The normalized spacial score (nSPS) is 13.5. The highest BCUT2D eigenvalue weighted by Gasteiger charge is 1.98. The molecule has 0 radical (unpaired) electrons. The minimum atomic E-state index is 0.844. The van der Waals surface area contributed by atoms with Crippen LogP contribution in [0.5, 0.6) is 0 Å². The Balaban J connectivity index is 2.97. The molecule has 62 valence electrons. The molecule has 1 atom stereocenters. The first-order chi connectivity index (χ1) is 4.81. The Labute approximate surface area is 65.0 Å². The van der Waals surface area contributed by atoms with Gasteiger partial charge in [0.1, 0.15) is 0 Å². The van der Waals surface area contributed by atoms with Crippen LogP contribution in [-0.4, -0.2) is 6.54 Å². The van der Waals surface area contributed by atoms with Crippen LogP contribution >= 0.6 is 0 Å². The third-order valence-corrected chi connectivity index (χ3v) is 1.96. The Morgan fingerprint density at radius 1 is 1.20 bits per heavy atom. The predicted octanol–water partition coefficient (Wildman–Crippen LogP) is 2.55. The van der Waals surface area contributed by atoms with Crippen LogP contribution in [0, 0.1) is 5.92 Å². The van der Waals surface area contributed by atoms with E-state index in [0.29, 0.717) is 0 Å². The summed E-state index contributed by atoms with van der Waals surface area (Å²) in [4.78, 5) is 0. The first-order valence-corrected chi connectivity index (χ1v) is 4.51. The van der Waals surface area contributed by atoms with Crippen LogP contribution in [0.15, 0.2) is 0 Å². The lowest BCUT2D eigenvalue weighted by atomic mass is 10.0. The molecule has 2 N–H and O–H groups in total. The molecule has 0 aromatic heterocycles. The SMILES string of the molecule is CCCCCC(C)CCN. The van der Waals surface area contributed by atoms with Crippen molar-refractivity contribution in [3.05, 3.63) is 0 Å². The van der Waals surface area contributed by atoms with E-state index in [9.17, 15) is 0 Å². The van der Waals surface area contributed by atoms with E-state index in [2.05, 4.69) is 13.8 Å². The summed E-state index contributed by atoms with van der Waals surface area (Å²) in [7, 11) is 0. The standard InChI is InChI=1S/C9H21N/c1-3-4-5-6-9(2)7-8-10/h9H,3-8,10H2,1-2H3. The first-order valence-electron chi connectivity index (χ1n) is 4.51. The quantitative estimate of drug-likeness (QED) is 0.568. The third kappa shape index (κ3) is 6.09. The van der Waals surface area contributed by atoms with Gasteiger partial charge in [0.05, 0.1) is 0 Å². The van der Waals surface area contributed by atoms with Crippen LogP contribution in [0.3, 0.4) is 0 Å². The van der Waals surface area contributed by atoms with E-state index in [1.54, 1.807) is 0 Å². The van der Waals surface area contributed by atoms with Crippen molar-refractivity contribution in [2.45, 2.75) is 46.0 Å². The van der Waals surface area contributed by atoms with Gasteiger partial charge in [-0.25, -0.2) is 0 Å². The lowest BCUT2D eigenvalue weighted by Crippen LogP contribution is -2.05. The average Bonchev–Trinajstić information content (AvgIpc) is 1.89. The maximum atomic E-state index is 5.43. The topological polar surface area (TPSA) is 26.0 Å². The first kappa shape index (κ1) is 9.96. The fourth-order valence-corrected chi connectivity index (χ4v) is 1.17. The van der Waals surface area contributed by atoms with Crippen molar-refractivity contribution in [1.29, 1.82) is 0 Å². The number of hydrogen-bond acceptors (Lipinski definition) is 1. The second-order valence-electron chi connectivity index (χ2n) is 3.18. The van der Waals surface area contributed by atoms with Gasteiger partial charge in [0, 0.05) is 0 Å². The fraction of sp³-hybridized carbons (Fsp3) is 1.00. The summed E-state index contributed by atoms with van der Waals surface area (Å²) in [5, 5.41) is 0. The van der Waals surface area contributed by atoms with E-state index >= 15 is 0 Å². The molecule has 1 nitrogen and oxygen atoms in total. The van der Waals surface area contributed by atoms with Gasteiger partial charge in [0.2, 0.25) is 0 Å². The van der Waals surface area contributed by atoms with Gasteiger partial charge in [0.15, 0.2) is 0 Å². The van der Waals surface area contributed by atoms with Crippen LogP contribution in [0.25, 0.3) is 0 Å². The Morgan fingerprint density at radius 3 is 2.40 bits per heavy atom. The Morgan fingerprint density at radius 2 is 1.90 bits per heavy atom. The molecule has 0 fully saturated rings. The smallest absolute Gasteiger partial charge is 0.00747 e. The van der Waals surface area contributed by atoms with Crippen molar-refractivity contribution in [2.75, 3.05) is 6.54 Å². The molecule has 0 aliphatic heterocycles. The molecule has 0 aromatic carbocycles. The molecule has 0 rings (SSSR count). The molecular weight excluding hydrogens is 122 g/mol.